The zero-order valence-electron chi connectivity index (χ0n) is 27.2. The van der Waals surface area contributed by atoms with Crippen molar-refractivity contribution in [1.29, 1.82) is 0 Å². The van der Waals surface area contributed by atoms with Crippen LogP contribution < -0.4 is 5.63 Å². The molecule has 1 aromatic heterocycles. The van der Waals surface area contributed by atoms with Gasteiger partial charge in [0.25, 0.3) is 0 Å². The van der Waals surface area contributed by atoms with Gasteiger partial charge in [-0.15, -0.1) is 4.91 Å². The fourth-order valence-corrected chi connectivity index (χ4v) is 12.2. The van der Waals surface area contributed by atoms with Crippen molar-refractivity contribution in [2.45, 2.75) is 94.2 Å². The average molecular weight is 668 g/mol. The number of ether oxygens (including phenoxy) is 1. The van der Waals surface area contributed by atoms with E-state index in [0.29, 0.717) is 11.8 Å². The smallest absolute Gasteiger partial charge is 0.410 e. The van der Waals surface area contributed by atoms with Crippen molar-refractivity contribution in [3.63, 3.8) is 0 Å². The summed E-state index contributed by atoms with van der Waals surface area (Å²) in [5.74, 6) is 1.17. The van der Waals surface area contributed by atoms with Crippen molar-refractivity contribution in [3.8, 4) is 0 Å². The van der Waals surface area contributed by atoms with Crippen LogP contribution in [0, 0.1) is 33.5 Å². The highest BCUT2D eigenvalue weighted by Crippen LogP contribution is 2.70. The van der Waals surface area contributed by atoms with Gasteiger partial charge in [-0.05, 0) is 116 Å². The van der Waals surface area contributed by atoms with Crippen LogP contribution in [0.15, 0.2) is 61.9 Å². The predicted molar refractivity (Wildman–Crippen MR) is 173 cm³/mol. The van der Waals surface area contributed by atoms with E-state index in [1.807, 2.05) is 6.07 Å². The first-order valence-corrected chi connectivity index (χ1v) is 18.5. The molecule has 4 aliphatic carbocycles. The van der Waals surface area contributed by atoms with E-state index in [2.05, 4.69) is 19.0 Å². The van der Waals surface area contributed by atoms with Gasteiger partial charge in [-0.25, -0.2) is 18.0 Å². The molecule has 0 spiro atoms. The van der Waals surface area contributed by atoms with E-state index in [1.165, 1.54) is 22.5 Å². The Hall–Kier alpha value is -3.09. The second-order valence-electron chi connectivity index (χ2n) is 15.1. The Morgan fingerprint density at radius 3 is 2.45 bits per heavy atom. The number of nitroso groups, excluding NO2 is 1. The van der Waals surface area contributed by atoms with Crippen molar-refractivity contribution in [2.75, 3.05) is 26.2 Å². The zero-order valence-corrected chi connectivity index (χ0v) is 28.0. The van der Waals surface area contributed by atoms with Crippen molar-refractivity contribution >= 4 is 21.8 Å². The number of amides is 1. The molecule has 1 aliphatic heterocycles. The molecule has 0 radical (unpaired) electrons. The monoisotopic (exact) mass is 667 g/mol. The summed E-state index contributed by atoms with van der Waals surface area (Å²) in [5, 5.41) is 15.4. The normalized spacial score (nSPS) is 37.3. The molecule has 5 aliphatic rings. The van der Waals surface area contributed by atoms with Gasteiger partial charge in [-0.3, -0.25) is 0 Å². The van der Waals surface area contributed by atoms with Crippen LogP contribution in [-0.4, -0.2) is 66.7 Å². The van der Waals surface area contributed by atoms with Gasteiger partial charge in [0, 0.05) is 37.7 Å². The number of benzene rings is 1. The van der Waals surface area contributed by atoms with Crippen LogP contribution in [-0.2, 0) is 14.8 Å². The zero-order chi connectivity index (χ0) is 33.2. The summed E-state index contributed by atoms with van der Waals surface area (Å²) in [6, 6.07) is 9.23. The third-order valence-corrected chi connectivity index (χ3v) is 15.2. The Balaban J connectivity index is 0.970. The number of piperazine rings is 1. The summed E-state index contributed by atoms with van der Waals surface area (Å²) in [6.45, 7) is 5.28. The quantitative estimate of drug-likeness (QED) is 0.394. The van der Waals surface area contributed by atoms with Crippen LogP contribution in [0.4, 0.5) is 10.5 Å². The summed E-state index contributed by atoms with van der Waals surface area (Å²) in [5.41, 5.74) is -0.453. The number of aliphatic hydroxyl groups is 1. The Labute approximate surface area is 275 Å². The maximum Gasteiger partial charge on any atom is 0.410 e. The van der Waals surface area contributed by atoms with Crippen LogP contribution in [0.25, 0.3) is 0 Å². The lowest BCUT2D eigenvalue weighted by atomic mass is 9.43. The number of nitrogens with zero attached hydrogens (tertiary/aromatic N) is 3. The molecular formula is C35H45N3O8S. The van der Waals surface area contributed by atoms with Crippen LogP contribution in [0.2, 0.25) is 0 Å². The number of sulfonamides is 1. The lowest BCUT2D eigenvalue weighted by molar-refractivity contribution is -0.205. The fourth-order valence-electron chi connectivity index (χ4n) is 10.6. The molecule has 47 heavy (non-hydrogen) atoms. The highest BCUT2D eigenvalue weighted by molar-refractivity contribution is 7.89. The second kappa shape index (κ2) is 11.8. The summed E-state index contributed by atoms with van der Waals surface area (Å²) in [4.78, 5) is 37.5. The summed E-state index contributed by atoms with van der Waals surface area (Å²) in [6.07, 6.45) is 9.05. The maximum atomic E-state index is 13.3. The third-order valence-electron chi connectivity index (χ3n) is 13.3. The molecule has 0 bridgehead atoms. The van der Waals surface area contributed by atoms with Gasteiger partial charge >= 0.3 is 11.7 Å². The van der Waals surface area contributed by atoms with E-state index in [1.54, 1.807) is 23.3 Å². The van der Waals surface area contributed by atoms with Gasteiger partial charge in [-0.1, -0.05) is 26.0 Å². The van der Waals surface area contributed by atoms with Gasteiger partial charge in [0.05, 0.1) is 11.9 Å². The summed E-state index contributed by atoms with van der Waals surface area (Å²) < 4.78 is 38.9. The molecule has 8 unspecified atom stereocenters. The van der Waals surface area contributed by atoms with Crippen molar-refractivity contribution in [2.24, 2.45) is 33.8 Å². The minimum absolute atomic E-state index is 0.0627. The van der Waals surface area contributed by atoms with Gasteiger partial charge in [-0.2, -0.15) is 4.31 Å². The molecule has 254 valence electrons. The topological polar surface area (TPSA) is 147 Å². The second-order valence-corrected chi connectivity index (χ2v) is 17.0. The van der Waals surface area contributed by atoms with E-state index >= 15 is 0 Å². The van der Waals surface area contributed by atoms with Gasteiger partial charge in [0.2, 0.25) is 10.0 Å². The molecule has 1 N–H and O–H groups in total. The molecule has 7 rings (SSSR count). The largest absolute Gasteiger partial charge is 0.446 e. The van der Waals surface area contributed by atoms with Crippen LogP contribution in [0.5, 0.6) is 0 Å². The Morgan fingerprint density at radius 2 is 1.72 bits per heavy atom. The highest BCUT2D eigenvalue weighted by Gasteiger charge is 2.67. The third kappa shape index (κ3) is 5.17. The lowest BCUT2D eigenvalue weighted by Crippen LogP contribution is -2.62. The first-order chi connectivity index (χ1) is 22.4. The van der Waals surface area contributed by atoms with Gasteiger partial charge < -0.3 is 19.2 Å². The first kappa shape index (κ1) is 32.5. The van der Waals surface area contributed by atoms with E-state index in [0.717, 1.165) is 63.4 Å². The van der Waals surface area contributed by atoms with E-state index < -0.39 is 21.7 Å². The number of carbonyl (C=O) groups excluding carboxylic acids is 1. The maximum absolute atomic E-state index is 13.3. The molecule has 2 aromatic rings. The first-order valence-electron chi connectivity index (χ1n) is 17.1. The standard InChI is InChI=1S/C35H45N3O8S/c1-33-14-11-25(46-32(40)37-17-19-38(20-18-37)47(43,44)30-6-4-3-5-29(30)36-42)21-24(33)8-9-28-27(33)12-15-34(2)26(13-16-35(28,34)41)23-7-10-31(39)45-22-23/h3-7,10,22,24-28,41H,8-9,11-21H2,1-2H3. The number of fused-ring (bicyclic) bond motifs is 5. The number of carbonyl (C=O) groups is 1. The van der Waals surface area contributed by atoms with E-state index in [-0.39, 0.29) is 71.2 Å². The molecule has 4 saturated carbocycles. The van der Waals surface area contributed by atoms with E-state index in [9.17, 15) is 28.0 Å². The molecule has 1 aromatic carbocycles. The van der Waals surface area contributed by atoms with Crippen molar-refractivity contribution in [3.05, 3.63) is 63.6 Å². The molecule has 1 amide bonds. The minimum atomic E-state index is -3.92. The molecule has 8 atom stereocenters. The molecule has 2 heterocycles. The molecule has 5 fully saturated rings. The SMILES string of the molecule is CC12CCC(OC(=O)N3CCN(S(=O)(=O)c4ccccc4N=O)CC3)CC1CCC1C2CCC2(C)C(c3ccc(=O)oc3)CCC12O. The summed E-state index contributed by atoms with van der Waals surface area (Å²) in [7, 11) is -3.92. The van der Waals surface area contributed by atoms with Crippen LogP contribution >= 0.6 is 0 Å². The highest BCUT2D eigenvalue weighted by atomic mass is 32.2. The fraction of sp³-hybridized carbons (Fsp3) is 0.657. The average Bonchev–Trinajstić information content (AvgIpc) is 3.36. The van der Waals surface area contributed by atoms with Crippen molar-refractivity contribution in [1.82, 2.24) is 9.21 Å². The number of rotatable bonds is 5. The summed E-state index contributed by atoms with van der Waals surface area (Å²) >= 11 is 0. The number of hydrogen-bond acceptors (Lipinski definition) is 9. The van der Waals surface area contributed by atoms with Gasteiger partial charge in [0.1, 0.15) is 16.7 Å². The Bertz CT molecular complexity index is 1690. The minimum Gasteiger partial charge on any atom is -0.446 e. The lowest BCUT2D eigenvalue weighted by Gasteiger charge is -2.63. The predicted octanol–water partition coefficient (Wildman–Crippen LogP) is 5.79. The van der Waals surface area contributed by atoms with Crippen LogP contribution in [0.3, 0.4) is 0 Å². The van der Waals surface area contributed by atoms with Crippen molar-refractivity contribution < 1.29 is 27.5 Å². The molecule has 12 heteroatoms. The molecular weight excluding hydrogens is 622 g/mol. The Kier molecular flexibility index (Phi) is 8.15. The molecule has 1 saturated heterocycles. The van der Waals surface area contributed by atoms with Gasteiger partial charge in [0.15, 0.2) is 0 Å². The molecule has 11 nitrogen and oxygen atoms in total. The van der Waals surface area contributed by atoms with E-state index in [4.69, 9.17) is 9.15 Å². The number of hydrogen-bond donors (Lipinski definition) is 1. The van der Waals surface area contributed by atoms with Crippen LogP contribution in [0.1, 0.15) is 83.1 Å². The Morgan fingerprint density at radius 1 is 0.957 bits per heavy atom.